The molecule has 1 aromatic rings. The highest BCUT2D eigenvalue weighted by molar-refractivity contribution is 7.89. The first-order valence-electron chi connectivity index (χ1n) is 7.40. The maximum atomic E-state index is 12.7. The van der Waals surface area contributed by atoms with Crippen LogP contribution in [-0.2, 0) is 14.8 Å². The Bertz CT molecular complexity index is 783. The van der Waals surface area contributed by atoms with Gasteiger partial charge in [-0.1, -0.05) is 0 Å². The quantitative estimate of drug-likeness (QED) is 0.451. The number of hydrogen-bond acceptors (Lipinski definition) is 7. The fourth-order valence-electron chi connectivity index (χ4n) is 2.55. The lowest BCUT2D eigenvalue weighted by molar-refractivity contribution is -0.385. The summed E-state index contributed by atoms with van der Waals surface area (Å²) in [7, 11) is -3.97. The lowest BCUT2D eigenvalue weighted by atomic mass is 10.1. The minimum Gasteiger partial charge on any atom is -0.462 e. The molecule has 1 heterocycles. The van der Waals surface area contributed by atoms with Crippen molar-refractivity contribution in [3.8, 4) is 0 Å². The van der Waals surface area contributed by atoms with E-state index < -0.39 is 26.6 Å². The van der Waals surface area contributed by atoms with E-state index in [2.05, 4.69) is 0 Å². The number of carbonyl (C=O) groups is 1. The number of carbonyl (C=O) groups excluding carboxylic acids is 1. The summed E-state index contributed by atoms with van der Waals surface area (Å²) in [6, 6.07) is 1.82. The third-order valence-electron chi connectivity index (χ3n) is 3.87. The van der Waals surface area contributed by atoms with Crippen LogP contribution in [-0.4, -0.2) is 49.4 Å². The number of sulfonamides is 1. The smallest absolute Gasteiger partial charge is 0.338 e. The van der Waals surface area contributed by atoms with Gasteiger partial charge in [0.05, 0.1) is 22.0 Å². The summed E-state index contributed by atoms with van der Waals surface area (Å²) in [6.07, 6.45) is 0.512. The molecule has 1 saturated heterocycles. The maximum absolute atomic E-state index is 12.7. The molecule has 140 valence electrons. The summed E-state index contributed by atoms with van der Waals surface area (Å²) >= 11 is 0. The van der Waals surface area contributed by atoms with Gasteiger partial charge >= 0.3 is 5.97 Å². The zero-order valence-corrected chi connectivity index (χ0v) is 15.4. The number of hydrogen-bond donors (Lipinski definition) is 1. The third kappa shape index (κ3) is 4.27. The van der Waals surface area contributed by atoms with Gasteiger partial charge < -0.3 is 10.5 Å². The number of benzene rings is 1. The summed E-state index contributed by atoms with van der Waals surface area (Å²) in [4.78, 5) is 22.2. The van der Waals surface area contributed by atoms with Gasteiger partial charge in [-0.2, -0.15) is 4.31 Å². The van der Waals surface area contributed by atoms with E-state index >= 15 is 0 Å². The van der Waals surface area contributed by atoms with Crippen molar-refractivity contribution in [2.75, 3.05) is 19.7 Å². The molecule has 1 aromatic carbocycles. The van der Waals surface area contributed by atoms with Gasteiger partial charge in [-0.15, -0.1) is 12.4 Å². The number of rotatable bonds is 5. The van der Waals surface area contributed by atoms with Crippen molar-refractivity contribution in [3.05, 3.63) is 33.4 Å². The Balaban J connectivity index is 0.00000312. The molecule has 0 unspecified atom stereocenters. The first kappa shape index (κ1) is 21.3. The van der Waals surface area contributed by atoms with E-state index in [0.717, 1.165) is 12.1 Å². The molecule has 9 nitrogen and oxygen atoms in total. The molecule has 0 aliphatic carbocycles. The van der Waals surface area contributed by atoms with Crippen LogP contribution in [0.5, 0.6) is 0 Å². The molecule has 0 spiro atoms. The molecule has 1 aliphatic heterocycles. The second kappa shape index (κ2) is 8.09. The molecule has 25 heavy (non-hydrogen) atoms. The van der Waals surface area contributed by atoms with Gasteiger partial charge in [-0.3, -0.25) is 10.1 Å². The molecule has 0 aromatic heterocycles. The standard InChI is InChI=1S/C14H19N3O6S.ClH/c1-3-23-14(18)12-6-11(7-13(9(12)2)17(19)20)24(21,22)16-5-4-10(15)8-16;/h6-7,10H,3-5,8,15H2,1-2H3;1H/t10-;/m1./s1. The second-order valence-corrected chi connectivity index (χ2v) is 7.44. The van der Waals surface area contributed by atoms with Crippen LogP contribution in [0.1, 0.15) is 29.3 Å². The lowest BCUT2D eigenvalue weighted by Crippen LogP contribution is -2.32. The SMILES string of the molecule is CCOC(=O)c1cc(S(=O)(=O)N2CC[C@@H](N)C2)cc([N+](=O)[O-])c1C.Cl. The second-order valence-electron chi connectivity index (χ2n) is 5.50. The monoisotopic (exact) mass is 393 g/mol. The van der Waals surface area contributed by atoms with E-state index in [9.17, 15) is 23.3 Å². The Kier molecular flexibility index (Phi) is 6.89. The summed E-state index contributed by atoms with van der Waals surface area (Å²) in [5.41, 5.74) is 5.22. The molecule has 1 aliphatic rings. The average Bonchev–Trinajstić information content (AvgIpc) is 2.94. The van der Waals surface area contributed by atoms with Gasteiger partial charge in [0.2, 0.25) is 10.0 Å². The van der Waals surface area contributed by atoms with E-state index in [4.69, 9.17) is 10.5 Å². The number of nitro groups is 1. The van der Waals surface area contributed by atoms with Crippen LogP contribution in [0.25, 0.3) is 0 Å². The molecule has 1 fully saturated rings. The molecule has 2 N–H and O–H groups in total. The number of ether oxygens (including phenoxy) is 1. The van der Waals surface area contributed by atoms with Gasteiger partial charge in [0.1, 0.15) is 0 Å². The van der Waals surface area contributed by atoms with Crippen molar-refractivity contribution >= 4 is 34.1 Å². The number of halogens is 1. The van der Waals surface area contributed by atoms with Crippen LogP contribution in [0, 0.1) is 17.0 Å². The molecular weight excluding hydrogens is 374 g/mol. The van der Waals surface area contributed by atoms with Crippen molar-refractivity contribution < 1.29 is 22.9 Å². The summed E-state index contributed by atoms with van der Waals surface area (Å²) in [5, 5.41) is 11.2. The van der Waals surface area contributed by atoms with E-state index in [1.165, 1.54) is 11.2 Å². The summed E-state index contributed by atoms with van der Waals surface area (Å²) in [5.74, 6) is -0.798. The Morgan fingerprint density at radius 2 is 2.12 bits per heavy atom. The van der Waals surface area contributed by atoms with Crippen LogP contribution >= 0.6 is 12.4 Å². The van der Waals surface area contributed by atoms with Crippen molar-refractivity contribution in [3.63, 3.8) is 0 Å². The number of nitro benzene ring substituents is 1. The van der Waals surface area contributed by atoms with Crippen LogP contribution in [0.4, 0.5) is 5.69 Å². The van der Waals surface area contributed by atoms with Crippen molar-refractivity contribution in [2.45, 2.75) is 31.2 Å². The minimum absolute atomic E-state index is 0. The van der Waals surface area contributed by atoms with Crippen LogP contribution < -0.4 is 5.73 Å². The van der Waals surface area contributed by atoms with Crippen LogP contribution in [0.2, 0.25) is 0 Å². The first-order chi connectivity index (χ1) is 11.2. The molecule has 0 amide bonds. The fraction of sp³-hybridized carbons (Fsp3) is 0.500. The Hall–Kier alpha value is -1.75. The van der Waals surface area contributed by atoms with Gasteiger partial charge in [-0.05, 0) is 26.3 Å². The largest absolute Gasteiger partial charge is 0.462 e. The average molecular weight is 394 g/mol. The summed E-state index contributed by atoms with van der Waals surface area (Å²) < 4.78 is 31.4. The molecule has 11 heteroatoms. The van der Waals surface area contributed by atoms with E-state index in [0.29, 0.717) is 6.42 Å². The first-order valence-corrected chi connectivity index (χ1v) is 8.84. The van der Waals surface area contributed by atoms with Gasteiger partial charge in [-0.25, -0.2) is 13.2 Å². The predicted molar refractivity (Wildman–Crippen MR) is 92.4 cm³/mol. The molecule has 0 saturated carbocycles. The van der Waals surface area contributed by atoms with Gasteiger partial charge in [0.25, 0.3) is 5.69 Å². The molecule has 2 rings (SSSR count). The third-order valence-corrected chi connectivity index (χ3v) is 5.71. The molecule has 0 radical (unpaired) electrons. The Morgan fingerprint density at radius 3 is 2.60 bits per heavy atom. The maximum Gasteiger partial charge on any atom is 0.338 e. The predicted octanol–water partition coefficient (Wildman–Crippen LogP) is 1.22. The molecule has 1 atom stereocenters. The van der Waals surface area contributed by atoms with Gasteiger partial charge in [0.15, 0.2) is 0 Å². The highest BCUT2D eigenvalue weighted by Crippen LogP contribution is 2.29. The van der Waals surface area contributed by atoms with Crippen molar-refractivity contribution in [1.29, 1.82) is 0 Å². The van der Waals surface area contributed by atoms with Gasteiger partial charge in [0, 0.05) is 30.8 Å². The minimum atomic E-state index is -3.97. The Morgan fingerprint density at radius 1 is 1.48 bits per heavy atom. The van der Waals surface area contributed by atoms with E-state index in [1.807, 2.05) is 0 Å². The highest BCUT2D eigenvalue weighted by Gasteiger charge is 2.33. The topological polar surface area (TPSA) is 133 Å². The number of nitrogens with zero attached hydrogens (tertiary/aromatic N) is 2. The summed E-state index contributed by atoms with van der Waals surface area (Å²) in [6.45, 7) is 3.42. The van der Waals surface area contributed by atoms with Crippen molar-refractivity contribution in [1.82, 2.24) is 4.31 Å². The Labute approximate surface area is 151 Å². The van der Waals surface area contributed by atoms with Crippen LogP contribution in [0.3, 0.4) is 0 Å². The fourth-order valence-corrected chi connectivity index (χ4v) is 4.11. The lowest BCUT2D eigenvalue weighted by Gasteiger charge is -2.17. The highest BCUT2D eigenvalue weighted by atomic mass is 35.5. The zero-order chi connectivity index (χ0) is 18.1. The van der Waals surface area contributed by atoms with Crippen LogP contribution in [0.15, 0.2) is 17.0 Å². The normalized spacial score (nSPS) is 17.8. The molecular formula is C14H20ClN3O6S. The number of nitrogens with two attached hydrogens (primary N) is 1. The van der Waals surface area contributed by atoms with E-state index in [-0.39, 0.29) is 54.2 Å². The zero-order valence-electron chi connectivity index (χ0n) is 13.8. The molecule has 0 bridgehead atoms. The van der Waals surface area contributed by atoms with Crippen molar-refractivity contribution in [2.24, 2.45) is 5.73 Å². The number of esters is 1. The van der Waals surface area contributed by atoms with E-state index in [1.54, 1.807) is 6.92 Å².